The Morgan fingerprint density at radius 3 is 2.74 bits per heavy atom. The summed E-state index contributed by atoms with van der Waals surface area (Å²) in [5, 5.41) is 17.3. The van der Waals surface area contributed by atoms with Crippen LogP contribution in [0.4, 0.5) is 0 Å². The van der Waals surface area contributed by atoms with E-state index in [2.05, 4.69) is 10.4 Å². The normalized spacial score (nSPS) is 10.0. The Hall–Kier alpha value is -1.72. The largest absolute Gasteiger partial charge is 0.504 e. The molecule has 6 heteroatoms. The number of aryl methyl sites for hydroxylation is 1. The highest BCUT2D eigenvalue weighted by atomic mass is 35.5. The number of benzene rings is 1. The quantitative estimate of drug-likeness (QED) is 0.879. The number of nitrogens with zero attached hydrogens (tertiary/aromatic N) is 2. The van der Waals surface area contributed by atoms with Crippen LogP contribution in [0.2, 0.25) is 0 Å². The molecule has 5 nitrogen and oxygen atoms in total. The second kappa shape index (κ2) is 7.01. The maximum absolute atomic E-state index is 9.92. The highest BCUT2D eigenvalue weighted by Crippen LogP contribution is 2.29. The van der Waals surface area contributed by atoms with Gasteiger partial charge in [-0.05, 0) is 12.1 Å². The second-order valence-electron chi connectivity index (χ2n) is 4.02. The van der Waals surface area contributed by atoms with Gasteiger partial charge in [-0.2, -0.15) is 5.10 Å². The number of methoxy groups -OCH3 is 1. The van der Waals surface area contributed by atoms with Crippen LogP contribution in [0.1, 0.15) is 11.3 Å². The smallest absolute Gasteiger partial charge is 0.162 e. The molecule has 2 rings (SSSR count). The summed E-state index contributed by atoms with van der Waals surface area (Å²) >= 11 is 0. The van der Waals surface area contributed by atoms with Crippen molar-refractivity contribution in [1.82, 2.24) is 15.1 Å². The molecule has 19 heavy (non-hydrogen) atoms. The molecule has 1 aromatic heterocycles. The van der Waals surface area contributed by atoms with Gasteiger partial charge in [0.05, 0.1) is 12.8 Å². The van der Waals surface area contributed by atoms with E-state index >= 15 is 0 Å². The molecule has 0 bridgehead atoms. The number of ether oxygens (including phenoxy) is 1. The van der Waals surface area contributed by atoms with E-state index < -0.39 is 0 Å². The zero-order chi connectivity index (χ0) is 13.0. The van der Waals surface area contributed by atoms with Crippen LogP contribution in [-0.4, -0.2) is 22.0 Å². The lowest BCUT2D eigenvalue weighted by molar-refractivity contribution is 0.369. The summed E-state index contributed by atoms with van der Waals surface area (Å²) in [5.74, 6) is 0.687. The third-order valence-corrected chi connectivity index (χ3v) is 2.85. The number of phenolic OH excluding ortho intramolecular Hbond substituents is 1. The molecule has 1 aromatic carbocycles. The van der Waals surface area contributed by atoms with Gasteiger partial charge in [-0.3, -0.25) is 4.68 Å². The van der Waals surface area contributed by atoms with Crippen LogP contribution < -0.4 is 10.1 Å². The van der Waals surface area contributed by atoms with E-state index in [0.29, 0.717) is 18.8 Å². The van der Waals surface area contributed by atoms with Crippen LogP contribution in [0.15, 0.2) is 30.5 Å². The minimum Gasteiger partial charge on any atom is -0.504 e. The fraction of sp³-hybridized carbons (Fsp3) is 0.308. The molecule has 0 aliphatic carbocycles. The monoisotopic (exact) mass is 283 g/mol. The minimum atomic E-state index is 0. The van der Waals surface area contributed by atoms with Crippen molar-refractivity contribution >= 4 is 12.4 Å². The molecule has 0 aliphatic rings. The maximum atomic E-state index is 9.92. The number of rotatable bonds is 5. The molecule has 0 amide bonds. The van der Waals surface area contributed by atoms with Gasteiger partial charge in [0.15, 0.2) is 11.5 Å². The molecule has 104 valence electrons. The fourth-order valence-corrected chi connectivity index (χ4v) is 1.78. The molecule has 0 aliphatic heterocycles. The first-order valence-electron chi connectivity index (χ1n) is 5.75. The van der Waals surface area contributed by atoms with E-state index in [9.17, 15) is 5.11 Å². The molecule has 0 radical (unpaired) electrons. The highest BCUT2D eigenvalue weighted by Gasteiger charge is 2.06. The molecule has 2 N–H and O–H groups in total. The SMILES string of the molecule is COc1cccc(CNCc2ccnn2C)c1O.Cl. The first kappa shape index (κ1) is 15.3. The zero-order valence-electron chi connectivity index (χ0n) is 11.0. The molecule has 0 spiro atoms. The summed E-state index contributed by atoms with van der Waals surface area (Å²) in [5.41, 5.74) is 1.91. The summed E-state index contributed by atoms with van der Waals surface area (Å²) in [6.07, 6.45) is 1.76. The van der Waals surface area contributed by atoms with E-state index in [1.807, 2.05) is 29.9 Å². The zero-order valence-corrected chi connectivity index (χ0v) is 11.8. The summed E-state index contributed by atoms with van der Waals surface area (Å²) < 4.78 is 6.88. The van der Waals surface area contributed by atoms with Gasteiger partial charge >= 0.3 is 0 Å². The number of aromatic nitrogens is 2. The molecule has 0 saturated carbocycles. The van der Waals surface area contributed by atoms with Crippen molar-refractivity contribution in [3.63, 3.8) is 0 Å². The van der Waals surface area contributed by atoms with Crippen molar-refractivity contribution in [3.05, 3.63) is 41.7 Å². The van der Waals surface area contributed by atoms with Crippen LogP contribution in [-0.2, 0) is 20.1 Å². The average molecular weight is 284 g/mol. The molecule has 1 heterocycles. The van der Waals surface area contributed by atoms with Crippen molar-refractivity contribution in [2.45, 2.75) is 13.1 Å². The Kier molecular flexibility index (Phi) is 5.66. The van der Waals surface area contributed by atoms with Gasteiger partial charge in [-0.25, -0.2) is 0 Å². The van der Waals surface area contributed by atoms with E-state index in [4.69, 9.17) is 4.74 Å². The Bertz CT molecular complexity index is 528. The first-order chi connectivity index (χ1) is 8.72. The first-order valence-corrected chi connectivity index (χ1v) is 5.75. The van der Waals surface area contributed by atoms with Gasteiger partial charge in [0.25, 0.3) is 0 Å². The van der Waals surface area contributed by atoms with Gasteiger partial charge in [-0.1, -0.05) is 12.1 Å². The Labute approximate surface area is 118 Å². The Morgan fingerprint density at radius 2 is 2.11 bits per heavy atom. The predicted octanol–water partition coefficient (Wildman–Crippen LogP) is 1.85. The molecular weight excluding hydrogens is 266 g/mol. The van der Waals surface area contributed by atoms with Crippen LogP contribution >= 0.6 is 12.4 Å². The van der Waals surface area contributed by atoms with Gasteiger partial charge in [0.1, 0.15) is 0 Å². The summed E-state index contributed by atoms with van der Waals surface area (Å²) in [6.45, 7) is 1.28. The molecular formula is C13H18ClN3O2. The summed E-state index contributed by atoms with van der Waals surface area (Å²) in [4.78, 5) is 0. The topological polar surface area (TPSA) is 59.3 Å². The van der Waals surface area contributed by atoms with Crippen LogP contribution in [0, 0.1) is 0 Å². The fourth-order valence-electron chi connectivity index (χ4n) is 1.78. The number of para-hydroxylation sites is 1. The Morgan fingerprint density at radius 1 is 1.32 bits per heavy atom. The summed E-state index contributed by atoms with van der Waals surface area (Å²) in [6, 6.07) is 7.42. The van der Waals surface area contributed by atoms with E-state index in [1.165, 1.54) is 0 Å². The van der Waals surface area contributed by atoms with Crippen molar-refractivity contribution in [1.29, 1.82) is 0 Å². The summed E-state index contributed by atoms with van der Waals surface area (Å²) in [7, 11) is 3.45. The van der Waals surface area contributed by atoms with Gasteiger partial charge < -0.3 is 15.2 Å². The maximum Gasteiger partial charge on any atom is 0.162 e. The number of hydrogen-bond acceptors (Lipinski definition) is 4. The Balaban J connectivity index is 0.00000180. The van der Waals surface area contributed by atoms with Gasteiger partial charge in [0.2, 0.25) is 0 Å². The lowest BCUT2D eigenvalue weighted by atomic mass is 10.2. The third-order valence-electron chi connectivity index (χ3n) is 2.85. The van der Waals surface area contributed by atoms with Gasteiger partial charge in [-0.15, -0.1) is 12.4 Å². The second-order valence-corrected chi connectivity index (χ2v) is 4.02. The van der Waals surface area contributed by atoms with Crippen molar-refractivity contribution in [3.8, 4) is 11.5 Å². The van der Waals surface area contributed by atoms with Gasteiger partial charge in [0, 0.05) is 31.9 Å². The van der Waals surface area contributed by atoms with E-state index in [1.54, 1.807) is 19.4 Å². The number of halogens is 1. The number of hydrogen-bond donors (Lipinski definition) is 2. The molecule has 0 saturated heterocycles. The standard InChI is InChI=1S/C13H17N3O2.ClH/c1-16-11(6-7-15-16)9-14-8-10-4-3-5-12(18-2)13(10)17;/h3-7,14,17H,8-9H2,1-2H3;1H. The molecule has 0 fully saturated rings. The van der Waals surface area contributed by atoms with Crippen LogP contribution in [0.3, 0.4) is 0 Å². The molecule has 0 atom stereocenters. The van der Waals surface area contributed by atoms with Crippen molar-refractivity contribution < 1.29 is 9.84 Å². The number of aromatic hydroxyl groups is 1. The van der Waals surface area contributed by atoms with Crippen LogP contribution in [0.5, 0.6) is 11.5 Å². The van der Waals surface area contributed by atoms with Crippen LogP contribution in [0.25, 0.3) is 0 Å². The highest BCUT2D eigenvalue weighted by molar-refractivity contribution is 5.85. The molecule has 2 aromatic rings. The number of phenols is 1. The lowest BCUT2D eigenvalue weighted by Crippen LogP contribution is -2.15. The van der Waals surface area contributed by atoms with E-state index in [0.717, 1.165) is 11.3 Å². The average Bonchev–Trinajstić information content (AvgIpc) is 2.77. The molecule has 0 unspecified atom stereocenters. The minimum absolute atomic E-state index is 0. The van der Waals surface area contributed by atoms with Crippen molar-refractivity contribution in [2.75, 3.05) is 7.11 Å². The van der Waals surface area contributed by atoms with E-state index in [-0.39, 0.29) is 18.2 Å². The lowest BCUT2D eigenvalue weighted by Gasteiger charge is -2.09. The van der Waals surface area contributed by atoms with Crippen molar-refractivity contribution in [2.24, 2.45) is 7.05 Å². The predicted molar refractivity (Wildman–Crippen MR) is 75.7 cm³/mol. The number of nitrogens with one attached hydrogen (secondary N) is 1. The third kappa shape index (κ3) is 3.62.